The molecule has 2 aromatic rings. The molecular formula is C20H13ClFNO3. The van der Waals surface area contributed by atoms with E-state index in [1.807, 2.05) is 24.3 Å². The molecule has 0 unspecified atom stereocenters. The first-order chi connectivity index (χ1) is 12.5. The Balaban J connectivity index is 1.65. The van der Waals surface area contributed by atoms with Crippen molar-refractivity contribution in [2.45, 2.75) is 18.3 Å². The third-order valence-electron chi connectivity index (χ3n) is 5.85. The van der Waals surface area contributed by atoms with Crippen molar-refractivity contribution in [3.05, 3.63) is 64.4 Å². The molecule has 2 amide bonds. The number of amides is 2. The van der Waals surface area contributed by atoms with Crippen LogP contribution in [0.3, 0.4) is 0 Å². The number of nitrogens with zero attached hydrogens (tertiary/aromatic N) is 1. The molecule has 0 aromatic heterocycles. The summed E-state index contributed by atoms with van der Waals surface area (Å²) in [5.41, 5.74) is 1.98. The molecule has 2 fully saturated rings. The number of carbonyl (C=O) groups is 3. The van der Waals surface area contributed by atoms with Crippen molar-refractivity contribution in [3.63, 3.8) is 0 Å². The van der Waals surface area contributed by atoms with Gasteiger partial charge in [-0.2, -0.15) is 0 Å². The molecule has 0 spiro atoms. The van der Waals surface area contributed by atoms with Gasteiger partial charge < -0.3 is 0 Å². The highest BCUT2D eigenvalue weighted by atomic mass is 35.5. The molecule has 4 nitrogen and oxygen atoms in total. The summed E-state index contributed by atoms with van der Waals surface area (Å²) in [6.07, 6.45) is 0.269. The summed E-state index contributed by atoms with van der Waals surface area (Å²) < 4.78 is 13.9. The quantitative estimate of drug-likeness (QED) is 0.723. The highest BCUT2D eigenvalue weighted by molar-refractivity contribution is 6.31. The normalized spacial score (nSPS) is 29.2. The average molecular weight is 370 g/mol. The second-order valence-electron chi connectivity index (χ2n) is 7.05. The van der Waals surface area contributed by atoms with E-state index >= 15 is 0 Å². The van der Waals surface area contributed by atoms with Crippen LogP contribution in [-0.2, 0) is 14.4 Å². The fourth-order valence-electron chi connectivity index (χ4n) is 4.84. The number of hydrogen-bond donors (Lipinski definition) is 0. The van der Waals surface area contributed by atoms with E-state index in [1.165, 1.54) is 12.1 Å². The highest BCUT2D eigenvalue weighted by Crippen LogP contribution is 2.57. The van der Waals surface area contributed by atoms with Crippen molar-refractivity contribution < 1.29 is 18.8 Å². The number of halogens is 2. The first-order valence-electron chi connectivity index (χ1n) is 8.43. The Hall–Kier alpha value is -2.53. The molecule has 1 heterocycles. The van der Waals surface area contributed by atoms with Crippen LogP contribution in [0.1, 0.15) is 29.4 Å². The Morgan fingerprint density at radius 2 is 1.65 bits per heavy atom. The fraction of sp³-hybridized carbons (Fsp3) is 0.250. The molecule has 130 valence electrons. The molecule has 26 heavy (non-hydrogen) atoms. The number of benzene rings is 2. The van der Waals surface area contributed by atoms with Crippen molar-refractivity contribution in [2.24, 2.45) is 11.8 Å². The summed E-state index contributed by atoms with van der Waals surface area (Å²) in [7, 11) is 0. The van der Waals surface area contributed by atoms with Gasteiger partial charge in [-0.1, -0.05) is 35.9 Å². The van der Waals surface area contributed by atoms with E-state index in [-0.39, 0.29) is 34.7 Å². The number of Topliss-reactive ketones (excluding diaryl/α,β-unsaturated/α-hetero) is 1. The summed E-state index contributed by atoms with van der Waals surface area (Å²) >= 11 is 5.71. The molecule has 4 aliphatic rings. The van der Waals surface area contributed by atoms with Crippen LogP contribution in [-0.4, -0.2) is 17.6 Å². The molecule has 1 saturated carbocycles. The largest absolute Gasteiger partial charge is 0.299 e. The Bertz CT molecular complexity index is 1000. The molecule has 2 aromatic carbocycles. The molecular weight excluding hydrogens is 357 g/mol. The number of anilines is 1. The van der Waals surface area contributed by atoms with Gasteiger partial charge in [-0.3, -0.25) is 14.4 Å². The van der Waals surface area contributed by atoms with Crippen LogP contribution in [0.15, 0.2) is 42.5 Å². The van der Waals surface area contributed by atoms with Crippen molar-refractivity contribution >= 4 is 34.9 Å². The van der Waals surface area contributed by atoms with Crippen molar-refractivity contribution in [1.29, 1.82) is 0 Å². The summed E-state index contributed by atoms with van der Waals surface area (Å²) in [6.45, 7) is 0. The minimum atomic E-state index is -0.706. The lowest BCUT2D eigenvalue weighted by molar-refractivity contribution is -0.134. The lowest BCUT2D eigenvalue weighted by Gasteiger charge is -2.43. The molecule has 6 heteroatoms. The molecule has 4 atom stereocenters. The van der Waals surface area contributed by atoms with E-state index in [9.17, 15) is 18.8 Å². The fourth-order valence-corrected chi connectivity index (χ4v) is 4.96. The number of carbonyl (C=O) groups excluding carboxylic acids is 3. The summed E-state index contributed by atoms with van der Waals surface area (Å²) in [6, 6.07) is 11.4. The number of fused-ring (bicyclic) bond motifs is 1. The van der Waals surface area contributed by atoms with Crippen molar-refractivity contribution in [1.82, 2.24) is 0 Å². The van der Waals surface area contributed by atoms with E-state index in [0.29, 0.717) is 0 Å². The van der Waals surface area contributed by atoms with Gasteiger partial charge in [-0.05, 0) is 29.3 Å². The Labute approximate surface area is 153 Å². The Morgan fingerprint density at radius 1 is 0.962 bits per heavy atom. The highest BCUT2D eigenvalue weighted by Gasteiger charge is 2.62. The van der Waals surface area contributed by atoms with Gasteiger partial charge in [-0.25, -0.2) is 9.29 Å². The van der Waals surface area contributed by atoms with Crippen LogP contribution in [0.5, 0.6) is 0 Å². The van der Waals surface area contributed by atoms with Gasteiger partial charge in [0.25, 0.3) is 0 Å². The van der Waals surface area contributed by atoms with E-state index < -0.39 is 29.5 Å². The predicted octanol–water partition coefficient (Wildman–Crippen LogP) is 3.44. The lowest BCUT2D eigenvalue weighted by atomic mass is 9.56. The predicted molar refractivity (Wildman–Crippen MR) is 92.4 cm³/mol. The number of rotatable bonds is 1. The molecule has 1 aliphatic heterocycles. The molecule has 0 radical (unpaired) electrons. The SMILES string of the molecule is O=C1C[C@H]2c3ccccc3[C@@H]1[C@H]1C(=O)N(c3ccc(Cl)c(F)c3)C(=O)[C@@H]12. The lowest BCUT2D eigenvalue weighted by Crippen LogP contribution is -2.44. The van der Waals surface area contributed by atoms with Gasteiger partial charge in [0.15, 0.2) is 0 Å². The summed E-state index contributed by atoms with van der Waals surface area (Å²) in [4.78, 5) is 39.8. The van der Waals surface area contributed by atoms with Gasteiger partial charge in [0.2, 0.25) is 11.8 Å². The van der Waals surface area contributed by atoms with Gasteiger partial charge >= 0.3 is 0 Å². The van der Waals surface area contributed by atoms with Crippen LogP contribution >= 0.6 is 11.6 Å². The van der Waals surface area contributed by atoms with Crippen molar-refractivity contribution in [3.8, 4) is 0 Å². The molecule has 0 N–H and O–H groups in total. The minimum absolute atomic E-state index is 0.000219. The number of imide groups is 1. The van der Waals surface area contributed by atoms with Crippen LogP contribution in [0.25, 0.3) is 0 Å². The average Bonchev–Trinajstić information content (AvgIpc) is 2.90. The first-order valence-corrected chi connectivity index (χ1v) is 8.81. The first kappa shape index (κ1) is 15.7. The maximum Gasteiger partial charge on any atom is 0.238 e. The van der Waals surface area contributed by atoms with E-state index in [4.69, 9.17) is 11.6 Å². The van der Waals surface area contributed by atoms with Gasteiger partial charge in [-0.15, -0.1) is 0 Å². The molecule has 1 saturated heterocycles. The van der Waals surface area contributed by atoms with Crippen LogP contribution in [0.2, 0.25) is 5.02 Å². The topological polar surface area (TPSA) is 54.5 Å². The Morgan fingerprint density at radius 3 is 2.38 bits per heavy atom. The standard InChI is InChI=1S/C20H13ClFNO3/c21-13-6-5-9(7-14(13)22)23-19(25)17-12-8-15(24)16(18(17)20(23)26)11-4-2-1-3-10(11)12/h1-7,12,16-18H,8H2/t12-,16-,17+,18+/m0/s1. The van der Waals surface area contributed by atoms with Crippen molar-refractivity contribution in [2.75, 3.05) is 4.90 Å². The molecule has 3 aliphatic carbocycles. The monoisotopic (exact) mass is 369 g/mol. The van der Waals surface area contributed by atoms with E-state index in [2.05, 4.69) is 0 Å². The smallest absolute Gasteiger partial charge is 0.238 e. The number of hydrogen-bond acceptors (Lipinski definition) is 3. The Kier molecular flexibility index (Phi) is 3.16. The molecule has 6 rings (SSSR count). The van der Waals surface area contributed by atoms with Crippen LogP contribution < -0.4 is 4.90 Å². The zero-order chi connectivity index (χ0) is 18.2. The maximum atomic E-state index is 13.9. The summed E-state index contributed by atoms with van der Waals surface area (Å²) in [5.74, 6) is -3.66. The third kappa shape index (κ3) is 1.86. The zero-order valence-corrected chi connectivity index (χ0v) is 14.2. The second-order valence-corrected chi connectivity index (χ2v) is 7.45. The van der Waals surface area contributed by atoms with E-state index in [0.717, 1.165) is 22.1 Å². The maximum absolute atomic E-state index is 13.9. The zero-order valence-electron chi connectivity index (χ0n) is 13.5. The molecule has 2 bridgehead atoms. The third-order valence-corrected chi connectivity index (χ3v) is 6.16. The van der Waals surface area contributed by atoms with E-state index in [1.54, 1.807) is 0 Å². The summed E-state index contributed by atoms with van der Waals surface area (Å²) in [5, 5.41) is -0.0760. The van der Waals surface area contributed by atoms with Crippen LogP contribution in [0.4, 0.5) is 10.1 Å². The van der Waals surface area contributed by atoms with Gasteiger partial charge in [0.05, 0.1) is 28.5 Å². The van der Waals surface area contributed by atoms with Crippen LogP contribution in [0, 0.1) is 17.7 Å². The minimum Gasteiger partial charge on any atom is -0.299 e. The van der Waals surface area contributed by atoms with Gasteiger partial charge in [0.1, 0.15) is 11.6 Å². The second kappa shape index (κ2) is 5.24. The van der Waals surface area contributed by atoms with Gasteiger partial charge in [0, 0.05) is 12.3 Å². The number of ketones is 1.